The Morgan fingerprint density at radius 3 is 1.80 bits per heavy atom. The molecule has 1 aliphatic carbocycles. The van der Waals surface area contributed by atoms with Gasteiger partial charge in [0.25, 0.3) is 0 Å². The summed E-state index contributed by atoms with van der Waals surface area (Å²) in [5.74, 6) is -2.79. The highest BCUT2D eigenvalue weighted by atomic mass is 16.6. The molecule has 0 saturated heterocycles. The lowest BCUT2D eigenvalue weighted by Crippen LogP contribution is -2.60. The molecule has 0 spiro atoms. The molecule has 3 rings (SSSR count). The number of carboxylic acids is 1. The average molecular weight is 638 g/mol. The van der Waals surface area contributed by atoms with Gasteiger partial charge in [0.15, 0.2) is 0 Å². The molecule has 46 heavy (non-hydrogen) atoms. The van der Waals surface area contributed by atoms with Gasteiger partial charge in [-0.3, -0.25) is 29.5 Å². The Balaban J connectivity index is 1.76. The molecule has 10 heteroatoms. The summed E-state index contributed by atoms with van der Waals surface area (Å²) in [6, 6.07) is 14.0. The second kappa shape index (κ2) is 16.2. The number of amides is 3. The van der Waals surface area contributed by atoms with E-state index >= 15 is 0 Å². The van der Waals surface area contributed by atoms with Gasteiger partial charge in [-0.25, -0.2) is 4.79 Å². The zero-order valence-electron chi connectivity index (χ0n) is 28.7. The lowest BCUT2D eigenvalue weighted by atomic mass is 9.88. The fourth-order valence-corrected chi connectivity index (χ4v) is 6.94. The van der Waals surface area contributed by atoms with E-state index in [1.807, 2.05) is 82.8 Å². The van der Waals surface area contributed by atoms with Crippen LogP contribution in [-0.4, -0.2) is 90.8 Å². The number of nitrogens with zero attached hydrogens (tertiary/aromatic N) is 2. The van der Waals surface area contributed by atoms with Gasteiger partial charge in [-0.1, -0.05) is 96.5 Å². The first-order valence-corrected chi connectivity index (χ1v) is 16.1. The van der Waals surface area contributed by atoms with Crippen molar-refractivity contribution in [2.75, 3.05) is 27.8 Å². The fraction of sp³-hybridized carbons (Fsp3) is 0.556. The maximum absolute atomic E-state index is 13.8. The van der Waals surface area contributed by atoms with Crippen molar-refractivity contribution in [2.45, 2.75) is 84.5 Å². The summed E-state index contributed by atoms with van der Waals surface area (Å²) in [5, 5.41) is 12.1. The van der Waals surface area contributed by atoms with Gasteiger partial charge in [-0.15, -0.1) is 0 Å². The van der Waals surface area contributed by atoms with Crippen LogP contribution in [0.25, 0.3) is 11.1 Å². The third-order valence-electron chi connectivity index (χ3n) is 9.28. The summed E-state index contributed by atoms with van der Waals surface area (Å²) < 4.78 is 11.4. The Bertz CT molecular complexity index is 1330. The highest BCUT2D eigenvalue weighted by Crippen LogP contribution is 2.44. The molecule has 2 aromatic rings. The molecular weight excluding hydrogens is 586 g/mol. The summed E-state index contributed by atoms with van der Waals surface area (Å²) in [6.45, 7) is 11.5. The first-order chi connectivity index (χ1) is 21.7. The Morgan fingerprint density at radius 1 is 0.848 bits per heavy atom. The Morgan fingerprint density at radius 2 is 1.35 bits per heavy atom. The fourth-order valence-electron chi connectivity index (χ4n) is 6.94. The predicted molar refractivity (Wildman–Crippen MR) is 177 cm³/mol. The van der Waals surface area contributed by atoms with Crippen molar-refractivity contribution < 1.29 is 33.8 Å². The Kier molecular flexibility index (Phi) is 12.9. The van der Waals surface area contributed by atoms with Crippen molar-refractivity contribution in [1.29, 1.82) is 0 Å². The van der Waals surface area contributed by atoms with Gasteiger partial charge in [0.2, 0.25) is 11.8 Å². The number of fused-ring (bicyclic) bond motifs is 3. The number of aliphatic carboxylic acids is 1. The summed E-state index contributed by atoms with van der Waals surface area (Å²) in [5.41, 5.74) is 4.40. The van der Waals surface area contributed by atoms with Gasteiger partial charge in [0.1, 0.15) is 12.6 Å². The number of carbonyl (C=O) groups excluding carboxylic acids is 3. The van der Waals surface area contributed by atoms with Crippen LogP contribution in [0.5, 0.6) is 0 Å². The minimum atomic E-state index is -0.995. The normalized spacial score (nSPS) is 15.9. The third kappa shape index (κ3) is 8.14. The molecular formula is C36H51N3O7. The molecule has 0 heterocycles. The number of ether oxygens (including phenoxy) is 2. The number of rotatable bonds is 15. The SMILES string of the molecule is CC[C@H](C)C([C@H](CC(=O)O)OC)N(C)[C@H](C(=O)NC(=O)[C@H](C(C)C)N(C)C(=O)OCC1c2ccccc2-c2ccccc21)C(C)C. The smallest absolute Gasteiger partial charge is 0.410 e. The molecule has 0 radical (unpaired) electrons. The van der Waals surface area contributed by atoms with Crippen LogP contribution in [0.4, 0.5) is 4.79 Å². The van der Waals surface area contributed by atoms with Gasteiger partial charge in [-0.05, 0) is 47.1 Å². The van der Waals surface area contributed by atoms with Crippen molar-refractivity contribution in [3.63, 3.8) is 0 Å². The first-order valence-electron chi connectivity index (χ1n) is 16.1. The van der Waals surface area contributed by atoms with Crippen molar-refractivity contribution in [3.8, 4) is 11.1 Å². The lowest BCUT2D eigenvalue weighted by Gasteiger charge is -2.42. The van der Waals surface area contributed by atoms with Gasteiger partial charge in [0, 0.05) is 26.1 Å². The van der Waals surface area contributed by atoms with Gasteiger partial charge in [0.05, 0.1) is 18.6 Å². The van der Waals surface area contributed by atoms with Gasteiger partial charge >= 0.3 is 12.1 Å². The number of imide groups is 1. The minimum absolute atomic E-state index is 0.00201. The molecule has 1 aliphatic rings. The molecule has 1 unspecified atom stereocenters. The largest absolute Gasteiger partial charge is 0.481 e. The van der Waals surface area contributed by atoms with E-state index < -0.39 is 48.1 Å². The minimum Gasteiger partial charge on any atom is -0.481 e. The standard InChI is InChI=1S/C36H51N3O7/c1-10-23(6)33(29(45-9)19-30(40)41)38(7)31(21(2)3)34(42)37-35(43)32(22(4)5)39(8)36(44)46-20-28-26-17-13-11-15-24(26)25-16-12-14-18-27(25)28/h11-18,21-23,28-29,31-33H,10,19-20H2,1-9H3,(H,40,41)(H,37,42,43)/t23-,29-,31-,32-,33?/m0/s1. The number of benzene rings is 2. The molecule has 2 N–H and O–H groups in total. The number of likely N-dealkylation sites (N-methyl/N-ethyl adjacent to an activating group) is 2. The summed E-state index contributed by atoms with van der Waals surface area (Å²) in [6.07, 6.45) is -0.804. The average Bonchev–Trinajstić information content (AvgIpc) is 3.32. The molecule has 3 amide bonds. The number of nitrogens with one attached hydrogen (secondary N) is 1. The molecule has 252 valence electrons. The molecule has 0 saturated carbocycles. The van der Waals surface area contributed by atoms with E-state index in [-0.39, 0.29) is 36.7 Å². The summed E-state index contributed by atoms with van der Waals surface area (Å²) >= 11 is 0. The van der Waals surface area contributed by atoms with Crippen molar-refractivity contribution in [1.82, 2.24) is 15.1 Å². The maximum atomic E-state index is 13.8. The van der Waals surface area contributed by atoms with Crippen LogP contribution in [0.1, 0.15) is 71.4 Å². The highest BCUT2D eigenvalue weighted by Gasteiger charge is 2.40. The number of carbonyl (C=O) groups is 4. The van der Waals surface area contributed by atoms with E-state index in [1.54, 1.807) is 7.05 Å². The van der Waals surface area contributed by atoms with Gasteiger partial charge in [-0.2, -0.15) is 0 Å². The van der Waals surface area contributed by atoms with Crippen LogP contribution < -0.4 is 5.32 Å². The van der Waals surface area contributed by atoms with E-state index in [0.717, 1.165) is 28.7 Å². The van der Waals surface area contributed by atoms with Crippen LogP contribution >= 0.6 is 0 Å². The number of hydrogen-bond acceptors (Lipinski definition) is 7. The zero-order valence-corrected chi connectivity index (χ0v) is 28.7. The van der Waals surface area contributed by atoms with E-state index in [4.69, 9.17) is 9.47 Å². The van der Waals surface area contributed by atoms with Crippen molar-refractivity contribution in [3.05, 3.63) is 59.7 Å². The maximum Gasteiger partial charge on any atom is 0.410 e. The monoisotopic (exact) mass is 637 g/mol. The Hall–Kier alpha value is -3.76. The molecule has 10 nitrogen and oxygen atoms in total. The molecule has 2 aromatic carbocycles. The van der Waals surface area contributed by atoms with Crippen molar-refractivity contribution >= 4 is 23.9 Å². The molecule has 0 aromatic heterocycles. The summed E-state index contributed by atoms with van der Waals surface area (Å²) in [4.78, 5) is 55.5. The second-order valence-electron chi connectivity index (χ2n) is 13.1. The zero-order chi connectivity index (χ0) is 34.3. The first kappa shape index (κ1) is 36.7. The third-order valence-corrected chi connectivity index (χ3v) is 9.28. The number of hydrogen-bond donors (Lipinski definition) is 2. The van der Waals surface area contributed by atoms with E-state index in [9.17, 15) is 24.3 Å². The topological polar surface area (TPSA) is 125 Å². The van der Waals surface area contributed by atoms with Crippen LogP contribution in [-0.2, 0) is 23.9 Å². The van der Waals surface area contributed by atoms with Crippen molar-refractivity contribution in [2.24, 2.45) is 17.8 Å². The Labute approximate surface area is 273 Å². The van der Waals surface area contributed by atoms with E-state index in [1.165, 1.54) is 19.1 Å². The van der Waals surface area contributed by atoms with E-state index in [2.05, 4.69) is 17.4 Å². The van der Waals surface area contributed by atoms with E-state index in [0.29, 0.717) is 0 Å². The molecule has 0 aliphatic heterocycles. The second-order valence-corrected chi connectivity index (χ2v) is 13.1. The number of methoxy groups -OCH3 is 1. The lowest BCUT2D eigenvalue weighted by molar-refractivity contribution is -0.143. The molecule has 0 bridgehead atoms. The summed E-state index contributed by atoms with van der Waals surface area (Å²) in [7, 11) is 4.74. The van der Waals surface area contributed by atoms with Crippen LogP contribution in [0, 0.1) is 17.8 Å². The van der Waals surface area contributed by atoms with Gasteiger partial charge < -0.3 is 14.6 Å². The van der Waals surface area contributed by atoms with Crippen LogP contribution in [0.3, 0.4) is 0 Å². The van der Waals surface area contributed by atoms with Crippen LogP contribution in [0.2, 0.25) is 0 Å². The predicted octanol–water partition coefficient (Wildman–Crippen LogP) is 5.40. The van der Waals surface area contributed by atoms with Crippen LogP contribution in [0.15, 0.2) is 48.5 Å². The molecule has 5 atom stereocenters. The molecule has 0 fully saturated rings. The number of carboxylic acid groups (broad SMARTS) is 1. The highest BCUT2D eigenvalue weighted by molar-refractivity contribution is 6.01. The quantitative estimate of drug-likeness (QED) is 0.266.